The molecule has 1 aliphatic rings. The molecule has 1 aliphatic heterocycles. The van der Waals surface area contributed by atoms with Gasteiger partial charge in [0.25, 0.3) is 0 Å². The first-order chi connectivity index (χ1) is 9.81. The van der Waals surface area contributed by atoms with Crippen LogP contribution in [0.15, 0.2) is 6.20 Å². The molecule has 1 N–H and O–H groups in total. The average Bonchev–Trinajstić information content (AvgIpc) is 2.89. The second-order valence-corrected chi connectivity index (χ2v) is 5.33. The second kappa shape index (κ2) is 7.64. The van der Waals surface area contributed by atoms with Crippen molar-refractivity contribution in [3.63, 3.8) is 0 Å². The summed E-state index contributed by atoms with van der Waals surface area (Å²) >= 11 is 0. The molecule has 20 heavy (non-hydrogen) atoms. The fraction of sp³-hybridized carbons (Fsp3) is 0.800. The maximum Gasteiger partial charge on any atom is 0.161 e. The van der Waals surface area contributed by atoms with Gasteiger partial charge in [-0.15, -0.1) is 0 Å². The molecule has 2 heterocycles. The summed E-state index contributed by atoms with van der Waals surface area (Å²) in [6, 6.07) is 0.254. The van der Waals surface area contributed by atoms with Gasteiger partial charge < -0.3 is 14.8 Å². The zero-order valence-electron chi connectivity index (χ0n) is 12.9. The number of nitrogens with one attached hydrogen (secondary N) is 1. The molecule has 0 amide bonds. The van der Waals surface area contributed by atoms with Gasteiger partial charge in [0.15, 0.2) is 5.75 Å². The lowest BCUT2D eigenvalue weighted by Crippen LogP contribution is -2.35. The Morgan fingerprint density at radius 3 is 3.00 bits per heavy atom. The molecule has 5 heteroatoms. The van der Waals surface area contributed by atoms with E-state index in [1.165, 1.54) is 12.1 Å². The van der Waals surface area contributed by atoms with Gasteiger partial charge in [-0.05, 0) is 25.8 Å². The first kappa shape index (κ1) is 15.3. The van der Waals surface area contributed by atoms with E-state index in [0.717, 1.165) is 44.9 Å². The van der Waals surface area contributed by atoms with Crippen LogP contribution in [0.1, 0.15) is 44.8 Å². The molecule has 2 unspecified atom stereocenters. The minimum absolute atomic E-state index is 0.254. The Kier molecular flexibility index (Phi) is 5.86. The summed E-state index contributed by atoms with van der Waals surface area (Å²) in [6.07, 6.45) is 5.23. The number of methoxy groups -OCH3 is 1. The van der Waals surface area contributed by atoms with Crippen molar-refractivity contribution in [3.05, 3.63) is 11.9 Å². The third-order valence-electron chi connectivity index (χ3n) is 3.89. The van der Waals surface area contributed by atoms with E-state index < -0.39 is 0 Å². The van der Waals surface area contributed by atoms with Crippen LogP contribution in [0.2, 0.25) is 0 Å². The Balaban J connectivity index is 2.28. The van der Waals surface area contributed by atoms with E-state index in [1.54, 1.807) is 7.11 Å². The molecule has 0 saturated carbocycles. The molecule has 0 aliphatic carbocycles. The Hall–Kier alpha value is -1.07. The number of aryl methyl sites for hydroxylation is 1. The number of hydrogen-bond donors (Lipinski definition) is 1. The molecule has 1 aromatic heterocycles. The van der Waals surface area contributed by atoms with Gasteiger partial charge in [-0.2, -0.15) is 5.10 Å². The molecule has 1 saturated heterocycles. The fourth-order valence-corrected chi connectivity index (χ4v) is 2.97. The van der Waals surface area contributed by atoms with Crippen molar-refractivity contribution in [2.45, 2.75) is 45.7 Å². The number of aromatic nitrogens is 2. The second-order valence-electron chi connectivity index (χ2n) is 5.33. The van der Waals surface area contributed by atoms with E-state index in [0.29, 0.717) is 5.92 Å². The molecule has 5 nitrogen and oxygen atoms in total. The maximum absolute atomic E-state index is 5.67. The third kappa shape index (κ3) is 3.33. The van der Waals surface area contributed by atoms with Crippen LogP contribution in [0, 0.1) is 5.92 Å². The highest BCUT2D eigenvalue weighted by Crippen LogP contribution is 2.34. The van der Waals surface area contributed by atoms with E-state index in [9.17, 15) is 0 Å². The summed E-state index contributed by atoms with van der Waals surface area (Å²) in [4.78, 5) is 0. The van der Waals surface area contributed by atoms with Gasteiger partial charge in [0, 0.05) is 19.1 Å². The highest BCUT2D eigenvalue weighted by atomic mass is 16.5. The lowest BCUT2D eigenvalue weighted by atomic mass is 9.91. The van der Waals surface area contributed by atoms with Gasteiger partial charge in [-0.1, -0.05) is 13.8 Å². The predicted octanol–water partition coefficient (Wildman–Crippen LogP) is 2.38. The van der Waals surface area contributed by atoms with Gasteiger partial charge >= 0.3 is 0 Å². The van der Waals surface area contributed by atoms with Crippen molar-refractivity contribution in [1.82, 2.24) is 15.1 Å². The first-order valence-corrected chi connectivity index (χ1v) is 7.72. The van der Waals surface area contributed by atoms with E-state index in [2.05, 4.69) is 28.9 Å². The number of hydrogen-bond acceptors (Lipinski definition) is 4. The lowest BCUT2D eigenvalue weighted by molar-refractivity contribution is 0.0375. The summed E-state index contributed by atoms with van der Waals surface area (Å²) in [7, 11) is 1.72. The van der Waals surface area contributed by atoms with Crippen molar-refractivity contribution in [2.75, 3.05) is 26.9 Å². The summed E-state index contributed by atoms with van der Waals surface area (Å²) < 4.78 is 13.3. The Bertz CT molecular complexity index is 400. The molecule has 1 aromatic rings. The van der Waals surface area contributed by atoms with Crippen LogP contribution in [-0.4, -0.2) is 36.6 Å². The molecule has 2 atom stereocenters. The Morgan fingerprint density at radius 1 is 1.55 bits per heavy atom. The summed E-state index contributed by atoms with van der Waals surface area (Å²) in [5.74, 6) is 1.37. The minimum atomic E-state index is 0.254. The first-order valence-electron chi connectivity index (χ1n) is 7.72. The van der Waals surface area contributed by atoms with Gasteiger partial charge in [0.1, 0.15) is 0 Å². The van der Waals surface area contributed by atoms with Gasteiger partial charge in [-0.25, -0.2) is 0 Å². The van der Waals surface area contributed by atoms with Crippen LogP contribution in [0.25, 0.3) is 0 Å². The molecule has 1 fully saturated rings. The zero-order chi connectivity index (χ0) is 14.4. The van der Waals surface area contributed by atoms with Gasteiger partial charge in [0.2, 0.25) is 0 Å². The van der Waals surface area contributed by atoms with Crippen LogP contribution in [0.3, 0.4) is 0 Å². The number of nitrogens with zero attached hydrogens (tertiary/aromatic N) is 2. The highest BCUT2D eigenvalue weighted by Gasteiger charge is 2.30. The molecule has 0 bridgehead atoms. The average molecular weight is 281 g/mol. The van der Waals surface area contributed by atoms with Gasteiger partial charge in [-0.3, -0.25) is 4.68 Å². The number of ether oxygens (including phenoxy) is 2. The normalized spacial score (nSPS) is 20.9. The SMILES string of the molecule is CCCn1ncc(OC)c1C(NCC)C1CCCOC1. The monoisotopic (exact) mass is 281 g/mol. The minimum Gasteiger partial charge on any atom is -0.493 e. The van der Waals surface area contributed by atoms with Crippen LogP contribution in [0.5, 0.6) is 5.75 Å². The summed E-state index contributed by atoms with van der Waals surface area (Å²) in [6.45, 7) is 7.88. The smallest absolute Gasteiger partial charge is 0.161 e. The van der Waals surface area contributed by atoms with Crippen LogP contribution < -0.4 is 10.1 Å². The van der Waals surface area contributed by atoms with Crippen LogP contribution >= 0.6 is 0 Å². The quantitative estimate of drug-likeness (QED) is 0.833. The summed E-state index contributed by atoms with van der Waals surface area (Å²) in [5.41, 5.74) is 1.17. The predicted molar refractivity (Wildman–Crippen MR) is 79.0 cm³/mol. The highest BCUT2D eigenvalue weighted by molar-refractivity contribution is 5.29. The van der Waals surface area contributed by atoms with Crippen molar-refractivity contribution in [1.29, 1.82) is 0 Å². The fourth-order valence-electron chi connectivity index (χ4n) is 2.97. The van der Waals surface area contributed by atoms with E-state index >= 15 is 0 Å². The van der Waals surface area contributed by atoms with Gasteiger partial charge in [0.05, 0.1) is 31.6 Å². The molecular formula is C15H27N3O2. The van der Waals surface area contributed by atoms with E-state index in [1.807, 2.05) is 6.20 Å². The summed E-state index contributed by atoms with van der Waals surface area (Å²) in [5, 5.41) is 8.09. The van der Waals surface area contributed by atoms with E-state index in [-0.39, 0.29) is 6.04 Å². The van der Waals surface area contributed by atoms with Crippen molar-refractivity contribution in [3.8, 4) is 5.75 Å². The van der Waals surface area contributed by atoms with Crippen LogP contribution in [-0.2, 0) is 11.3 Å². The molecule has 114 valence electrons. The largest absolute Gasteiger partial charge is 0.493 e. The van der Waals surface area contributed by atoms with Crippen molar-refractivity contribution < 1.29 is 9.47 Å². The van der Waals surface area contributed by atoms with Crippen molar-refractivity contribution >= 4 is 0 Å². The third-order valence-corrected chi connectivity index (χ3v) is 3.89. The lowest BCUT2D eigenvalue weighted by Gasteiger charge is -2.31. The maximum atomic E-state index is 5.67. The van der Waals surface area contributed by atoms with E-state index in [4.69, 9.17) is 9.47 Å². The van der Waals surface area contributed by atoms with Crippen molar-refractivity contribution in [2.24, 2.45) is 5.92 Å². The zero-order valence-corrected chi connectivity index (χ0v) is 12.9. The molecular weight excluding hydrogens is 254 g/mol. The topological polar surface area (TPSA) is 48.3 Å². The molecule has 2 rings (SSSR count). The van der Waals surface area contributed by atoms with Crippen LogP contribution in [0.4, 0.5) is 0 Å². The number of rotatable bonds is 7. The molecule has 0 aromatic carbocycles. The molecule has 0 radical (unpaired) electrons. The standard InChI is InChI=1S/C15H27N3O2/c1-4-8-18-15(13(19-3)10-17-18)14(16-5-2)12-7-6-9-20-11-12/h10,12,14,16H,4-9,11H2,1-3H3. The molecule has 0 spiro atoms. The Labute approximate surface area is 121 Å². The Morgan fingerprint density at radius 2 is 2.40 bits per heavy atom.